The van der Waals surface area contributed by atoms with Crippen molar-refractivity contribution in [2.75, 3.05) is 40.9 Å². The van der Waals surface area contributed by atoms with E-state index in [-0.39, 0.29) is 30.9 Å². The molecule has 0 spiro atoms. The highest BCUT2D eigenvalue weighted by molar-refractivity contribution is 5.73. The first-order valence-corrected chi connectivity index (χ1v) is 22.7. The van der Waals surface area contributed by atoms with Crippen LogP contribution in [0.25, 0.3) is 11.1 Å². The van der Waals surface area contributed by atoms with Gasteiger partial charge in [0, 0.05) is 69.3 Å². The summed E-state index contributed by atoms with van der Waals surface area (Å²) in [6.45, 7) is 16.6. The molecule has 0 amide bonds. The van der Waals surface area contributed by atoms with Crippen LogP contribution in [0, 0.1) is 17.8 Å². The average molecular weight is 886 g/mol. The zero-order chi connectivity index (χ0) is 46.2. The minimum atomic E-state index is -1.74. The highest BCUT2D eigenvalue weighted by atomic mass is 16.7. The first-order valence-electron chi connectivity index (χ1n) is 22.7. The number of hydrogen-bond donors (Lipinski definition) is 4. The third kappa shape index (κ3) is 12.7. The van der Waals surface area contributed by atoms with Crippen molar-refractivity contribution in [3.05, 3.63) is 54.7 Å². The molecule has 0 aliphatic carbocycles. The fourth-order valence-electron chi connectivity index (χ4n) is 9.68. The lowest BCUT2D eigenvalue weighted by Gasteiger charge is -2.47. The average Bonchev–Trinajstić information content (AvgIpc) is 3.95. The maximum atomic E-state index is 13.8. The molecule has 63 heavy (non-hydrogen) atoms. The second-order valence-electron chi connectivity index (χ2n) is 18.8. The minimum absolute atomic E-state index is 0.107. The van der Waals surface area contributed by atoms with E-state index < -0.39 is 71.9 Å². The number of esters is 1. The summed E-state index contributed by atoms with van der Waals surface area (Å²) < 4.78 is 37.9. The maximum Gasteiger partial charge on any atom is 0.311 e. The van der Waals surface area contributed by atoms with Gasteiger partial charge in [0.2, 0.25) is 0 Å². The number of furan rings is 1. The van der Waals surface area contributed by atoms with Crippen molar-refractivity contribution in [3.8, 4) is 16.9 Å². The number of methoxy groups -OCH3 is 1. The third-order valence-corrected chi connectivity index (χ3v) is 13.4. The molecule has 0 unspecified atom stereocenters. The first kappa shape index (κ1) is 50.5. The van der Waals surface area contributed by atoms with Crippen molar-refractivity contribution < 1.29 is 53.3 Å². The van der Waals surface area contributed by atoms with Gasteiger partial charge in [-0.1, -0.05) is 38.1 Å². The van der Waals surface area contributed by atoms with Crippen LogP contribution in [-0.4, -0.2) is 158 Å². The van der Waals surface area contributed by atoms with Crippen LogP contribution in [0.1, 0.15) is 86.8 Å². The van der Waals surface area contributed by atoms with Crippen molar-refractivity contribution in [1.82, 2.24) is 24.8 Å². The number of cyclic esters (lactones) is 1. The number of likely N-dealkylation sites (N-methyl/N-ethyl adjacent to an activating group) is 2. The summed E-state index contributed by atoms with van der Waals surface area (Å²) in [5.74, 6) is -1.38. The van der Waals surface area contributed by atoms with Crippen molar-refractivity contribution in [1.29, 1.82) is 0 Å². The molecule has 1 aromatic carbocycles. The van der Waals surface area contributed by atoms with Gasteiger partial charge in [-0.05, 0) is 97.7 Å². The number of benzene rings is 1. The molecule has 2 aliphatic rings. The van der Waals surface area contributed by atoms with Crippen LogP contribution in [0.4, 0.5) is 0 Å². The van der Waals surface area contributed by atoms with E-state index in [1.807, 2.05) is 87.9 Å². The standard InChI is InChI=1S/C47H75N5O11/c1-12-39-47(8,57)42(54)33(6)51(10)26-29(2)25-46(7,56)43(31(4)41(58-11)32(5)44(55)62-39)63-45-40(53)38(24-30(3)61-45)50(9)21-18-36-27-52(49-48-36)20-13-22-60-37-16-14-34(15-17-37)35-19-23-59-28-35/h14-17,19,23,27-33,38-43,45,53-54,56-57H,12-13,18,20-22,24-26H2,1-11H3/t29-,30-,31+,32-,33-,38+,39-,40-,41+,42-,43-,45+,46-,47-/m1/s1. The largest absolute Gasteiger partial charge is 0.494 e. The summed E-state index contributed by atoms with van der Waals surface area (Å²) in [6.07, 6.45) is 1.30. The van der Waals surface area contributed by atoms with Gasteiger partial charge in [-0.2, -0.15) is 0 Å². The summed E-state index contributed by atoms with van der Waals surface area (Å²) >= 11 is 0. The van der Waals surface area contributed by atoms with Crippen LogP contribution in [0.2, 0.25) is 0 Å². The van der Waals surface area contributed by atoms with Crippen LogP contribution in [-0.2, 0) is 36.7 Å². The van der Waals surface area contributed by atoms with Crippen molar-refractivity contribution >= 4 is 5.97 Å². The second-order valence-corrected chi connectivity index (χ2v) is 18.8. The lowest BCUT2D eigenvalue weighted by molar-refractivity contribution is -0.300. The molecular weight excluding hydrogens is 811 g/mol. The van der Waals surface area contributed by atoms with E-state index >= 15 is 0 Å². The number of aliphatic hydroxyl groups is 4. The summed E-state index contributed by atoms with van der Waals surface area (Å²) in [7, 11) is 5.31. The van der Waals surface area contributed by atoms with E-state index in [2.05, 4.69) is 15.2 Å². The van der Waals surface area contributed by atoms with E-state index in [9.17, 15) is 25.2 Å². The van der Waals surface area contributed by atoms with Crippen LogP contribution in [0.3, 0.4) is 0 Å². The molecule has 0 saturated carbocycles. The minimum Gasteiger partial charge on any atom is -0.494 e. The summed E-state index contributed by atoms with van der Waals surface area (Å²) in [5.41, 5.74) is -0.320. The van der Waals surface area contributed by atoms with E-state index in [0.29, 0.717) is 39.1 Å². The van der Waals surface area contributed by atoms with E-state index in [4.69, 9.17) is 28.1 Å². The summed E-state index contributed by atoms with van der Waals surface area (Å²) in [6, 6.07) is 8.98. The number of aryl methyl sites for hydroxylation is 1. The van der Waals surface area contributed by atoms with Gasteiger partial charge in [0.25, 0.3) is 0 Å². The molecule has 16 heteroatoms. The number of carbonyl (C=O) groups excluding carboxylic acids is 1. The Morgan fingerprint density at radius 3 is 2.40 bits per heavy atom. The van der Waals surface area contributed by atoms with Crippen molar-refractivity contribution in [2.45, 2.75) is 160 Å². The number of hydrogen-bond acceptors (Lipinski definition) is 15. The molecule has 3 aromatic rings. The van der Waals surface area contributed by atoms with E-state index in [1.165, 1.54) is 14.0 Å². The van der Waals surface area contributed by atoms with Gasteiger partial charge in [-0.15, -0.1) is 5.10 Å². The Balaban J connectivity index is 1.23. The SMILES string of the molecule is CC[C@H]1OC(=O)[C@H](C)[C@@H](OC)[C@H](C)[C@@H](O[C@@H]2O[C@H](C)C[C@H](N(C)CCc3cn(CCCOc4ccc(-c5ccoc5)cc4)nn3)[C@H]2O)[C@](C)(O)C[C@@H](C)CN(C)[C@H](C)[C@@H](O)[C@]1(C)O. The van der Waals surface area contributed by atoms with Gasteiger partial charge in [0.05, 0.1) is 54.7 Å². The molecule has 4 heterocycles. The predicted molar refractivity (Wildman–Crippen MR) is 237 cm³/mol. The van der Waals surface area contributed by atoms with Gasteiger partial charge < -0.3 is 58.3 Å². The lowest BCUT2D eigenvalue weighted by atomic mass is 9.78. The lowest BCUT2D eigenvalue weighted by Crippen LogP contribution is -2.59. The fraction of sp³-hybridized carbons (Fsp3) is 0.723. The molecule has 0 bridgehead atoms. The molecule has 16 nitrogen and oxygen atoms in total. The number of aliphatic hydroxyl groups excluding tert-OH is 2. The van der Waals surface area contributed by atoms with Gasteiger partial charge in [0.15, 0.2) is 6.29 Å². The van der Waals surface area contributed by atoms with Crippen molar-refractivity contribution in [3.63, 3.8) is 0 Å². The molecule has 2 saturated heterocycles. The second kappa shape index (κ2) is 22.2. The molecule has 14 atom stereocenters. The van der Waals surface area contributed by atoms with Crippen LogP contribution >= 0.6 is 0 Å². The molecular formula is C47H75N5O11. The molecule has 4 N–H and O–H groups in total. The maximum absolute atomic E-state index is 13.8. The first-order chi connectivity index (χ1) is 29.8. The topological polar surface area (TPSA) is 194 Å². The van der Waals surface area contributed by atoms with E-state index in [1.54, 1.807) is 33.3 Å². The number of ether oxygens (including phenoxy) is 5. The number of carbonyl (C=O) groups is 1. The van der Waals surface area contributed by atoms with Crippen molar-refractivity contribution in [2.24, 2.45) is 17.8 Å². The van der Waals surface area contributed by atoms with Gasteiger partial charge in [-0.3, -0.25) is 9.48 Å². The summed E-state index contributed by atoms with van der Waals surface area (Å²) in [4.78, 5) is 17.8. The molecule has 2 fully saturated rings. The van der Waals surface area contributed by atoms with Crippen LogP contribution in [0.5, 0.6) is 5.75 Å². The van der Waals surface area contributed by atoms with Gasteiger partial charge in [0.1, 0.15) is 29.7 Å². The molecule has 354 valence electrons. The molecule has 0 radical (unpaired) electrons. The highest BCUT2D eigenvalue weighted by Crippen LogP contribution is 2.37. The van der Waals surface area contributed by atoms with Crippen LogP contribution < -0.4 is 4.74 Å². The Hall–Kier alpha value is -3.45. The van der Waals surface area contributed by atoms with Gasteiger partial charge in [-0.25, -0.2) is 0 Å². The van der Waals surface area contributed by atoms with E-state index in [0.717, 1.165) is 29.0 Å². The zero-order valence-electron chi connectivity index (χ0n) is 39.3. The third-order valence-electron chi connectivity index (χ3n) is 13.4. The molecule has 2 aromatic heterocycles. The Labute approximate surface area is 373 Å². The zero-order valence-corrected chi connectivity index (χ0v) is 39.3. The number of aromatic nitrogens is 3. The normalized spacial score (nSPS) is 35.5. The Bertz CT molecular complexity index is 1820. The van der Waals surface area contributed by atoms with Crippen LogP contribution in [0.15, 0.2) is 53.5 Å². The molecule has 5 rings (SSSR count). The summed E-state index contributed by atoms with van der Waals surface area (Å²) in [5, 5.41) is 56.1. The Morgan fingerprint density at radius 1 is 1.03 bits per heavy atom. The highest BCUT2D eigenvalue weighted by Gasteiger charge is 2.50. The monoisotopic (exact) mass is 886 g/mol. The fourth-order valence-corrected chi connectivity index (χ4v) is 9.68. The van der Waals surface area contributed by atoms with Gasteiger partial charge >= 0.3 is 5.97 Å². The Morgan fingerprint density at radius 2 is 1.75 bits per heavy atom. The molecule has 2 aliphatic heterocycles. The quantitative estimate of drug-likeness (QED) is 0.130. The number of nitrogens with zero attached hydrogens (tertiary/aromatic N) is 5. The predicted octanol–water partition coefficient (Wildman–Crippen LogP) is 4.56. The Kier molecular flexibility index (Phi) is 17.8. The number of rotatable bonds is 14. The smallest absolute Gasteiger partial charge is 0.311 e.